The molecule has 0 aliphatic rings. The molecular weight excluding hydrogens is 222 g/mol. The molecule has 0 fully saturated rings. The predicted octanol–water partition coefficient (Wildman–Crippen LogP) is 2.98. The summed E-state index contributed by atoms with van der Waals surface area (Å²) in [6.45, 7) is 0.641. The maximum atomic E-state index is 5.90. The van der Waals surface area contributed by atoms with E-state index in [0.29, 0.717) is 12.5 Å². The van der Waals surface area contributed by atoms with E-state index in [-0.39, 0.29) is 0 Å². The fourth-order valence-corrected chi connectivity index (χ4v) is 2.13. The molecule has 94 valence electrons. The maximum absolute atomic E-state index is 5.90. The minimum absolute atomic E-state index is 0.336. The highest BCUT2D eigenvalue weighted by Crippen LogP contribution is 2.23. The fourth-order valence-electron chi connectivity index (χ4n) is 2.13. The minimum atomic E-state index is 0.336. The quantitative estimate of drug-likeness (QED) is 0.873. The molecule has 0 amide bonds. The number of ether oxygens (including phenoxy) is 1. The van der Waals surface area contributed by atoms with Crippen LogP contribution in [-0.4, -0.2) is 13.7 Å². The lowest BCUT2D eigenvalue weighted by atomic mass is 9.92. The van der Waals surface area contributed by atoms with Crippen molar-refractivity contribution in [3.63, 3.8) is 0 Å². The first-order valence-electron chi connectivity index (χ1n) is 6.21. The van der Waals surface area contributed by atoms with Gasteiger partial charge in [-0.1, -0.05) is 42.5 Å². The summed E-state index contributed by atoms with van der Waals surface area (Å²) in [5, 5.41) is 0. The van der Waals surface area contributed by atoms with Crippen LogP contribution in [0.4, 0.5) is 0 Å². The van der Waals surface area contributed by atoms with Crippen molar-refractivity contribution >= 4 is 0 Å². The van der Waals surface area contributed by atoms with Gasteiger partial charge in [0.15, 0.2) is 0 Å². The van der Waals surface area contributed by atoms with Crippen molar-refractivity contribution < 1.29 is 4.74 Å². The Hall–Kier alpha value is -1.80. The smallest absolute Gasteiger partial charge is 0.119 e. The van der Waals surface area contributed by atoms with E-state index in [1.54, 1.807) is 7.11 Å². The number of rotatable bonds is 5. The zero-order valence-electron chi connectivity index (χ0n) is 10.7. The lowest BCUT2D eigenvalue weighted by Crippen LogP contribution is -2.15. The van der Waals surface area contributed by atoms with Gasteiger partial charge in [-0.25, -0.2) is 0 Å². The van der Waals surface area contributed by atoms with Gasteiger partial charge < -0.3 is 10.5 Å². The Bertz CT molecular complexity index is 481. The number of hydrogen-bond donors (Lipinski definition) is 1. The standard InChI is InChI=1S/C16H19NO/c1-18-16-9-5-8-14(11-16)15(12-17)10-13-6-3-2-4-7-13/h2-9,11,15H,10,12,17H2,1H3/t15-/m1/s1. The zero-order valence-corrected chi connectivity index (χ0v) is 10.7. The molecule has 0 unspecified atom stereocenters. The Morgan fingerprint density at radius 3 is 2.50 bits per heavy atom. The molecule has 2 rings (SSSR count). The molecule has 2 aromatic rings. The summed E-state index contributed by atoms with van der Waals surface area (Å²) in [6, 6.07) is 18.6. The number of methoxy groups -OCH3 is 1. The molecule has 0 aliphatic carbocycles. The van der Waals surface area contributed by atoms with Gasteiger partial charge in [0.25, 0.3) is 0 Å². The summed E-state index contributed by atoms with van der Waals surface area (Å²) in [5.74, 6) is 1.22. The average molecular weight is 241 g/mol. The van der Waals surface area contributed by atoms with E-state index in [4.69, 9.17) is 10.5 Å². The highest BCUT2D eigenvalue weighted by atomic mass is 16.5. The second-order valence-corrected chi connectivity index (χ2v) is 4.40. The molecule has 2 N–H and O–H groups in total. The van der Waals surface area contributed by atoms with Gasteiger partial charge in [0, 0.05) is 5.92 Å². The molecule has 0 radical (unpaired) electrons. The molecule has 0 bridgehead atoms. The fraction of sp³-hybridized carbons (Fsp3) is 0.250. The predicted molar refractivity (Wildman–Crippen MR) is 74.9 cm³/mol. The van der Waals surface area contributed by atoms with Crippen LogP contribution in [0, 0.1) is 0 Å². The third-order valence-corrected chi connectivity index (χ3v) is 3.17. The second kappa shape index (κ2) is 6.22. The largest absolute Gasteiger partial charge is 0.497 e. The van der Waals surface area contributed by atoms with Crippen molar-refractivity contribution in [3.05, 3.63) is 65.7 Å². The zero-order chi connectivity index (χ0) is 12.8. The van der Waals surface area contributed by atoms with Gasteiger partial charge in [-0.05, 0) is 36.2 Å². The Morgan fingerprint density at radius 1 is 1.06 bits per heavy atom. The lowest BCUT2D eigenvalue weighted by Gasteiger charge is -2.16. The number of benzene rings is 2. The van der Waals surface area contributed by atoms with Crippen molar-refractivity contribution in [1.82, 2.24) is 0 Å². The van der Waals surface area contributed by atoms with Crippen molar-refractivity contribution in [2.24, 2.45) is 5.73 Å². The van der Waals surface area contributed by atoms with Crippen LogP contribution < -0.4 is 10.5 Å². The summed E-state index contributed by atoms with van der Waals surface area (Å²) in [4.78, 5) is 0. The van der Waals surface area contributed by atoms with Gasteiger partial charge in [0.1, 0.15) is 5.75 Å². The van der Waals surface area contributed by atoms with Crippen molar-refractivity contribution in [1.29, 1.82) is 0 Å². The molecular formula is C16H19NO. The van der Waals surface area contributed by atoms with E-state index in [2.05, 4.69) is 36.4 Å². The van der Waals surface area contributed by atoms with Crippen LogP contribution >= 0.6 is 0 Å². The SMILES string of the molecule is COc1cccc([C@@H](CN)Cc2ccccc2)c1. The lowest BCUT2D eigenvalue weighted by molar-refractivity contribution is 0.413. The van der Waals surface area contributed by atoms with E-state index < -0.39 is 0 Å². The van der Waals surface area contributed by atoms with Crippen LogP contribution in [0.5, 0.6) is 5.75 Å². The van der Waals surface area contributed by atoms with Crippen LogP contribution in [0.1, 0.15) is 17.0 Å². The number of nitrogens with two attached hydrogens (primary N) is 1. The maximum Gasteiger partial charge on any atom is 0.119 e. The van der Waals surface area contributed by atoms with Crippen LogP contribution in [0.25, 0.3) is 0 Å². The summed E-state index contributed by atoms with van der Waals surface area (Å²) in [5.41, 5.74) is 8.46. The first-order valence-corrected chi connectivity index (χ1v) is 6.21. The highest BCUT2D eigenvalue weighted by molar-refractivity contribution is 5.32. The normalized spacial score (nSPS) is 12.1. The average Bonchev–Trinajstić information content (AvgIpc) is 2.46. The molecule has 0 saturated heterocycles. The Labute approximate surface area is 108 Å². The first kappa shape index (κ1) is 12.7. The summed E-state index contributed by atoms with van der Waals surface area (Å²) in [7, 11) is 1.69. The topological polar surface area (TPSA) is 35.2 Å². The van der Waals surface area contributed by atoms with E-state index in [0.717, 1.165) is 12.2 Å². The molecule has 0 saturated carbocycles. The van der Waals surface area contributed by atoms with Crippen molar-refractivity contribution in [3.8, 4) is 5.75 Å². The van der Waals surface area contributed by atoms with E-state index >= 15 is 0 Å². The molecule has 0 heterocycles. The molecule has 2 heteroatoms. The summed E-state index contributed by atoms with van der Waals surface area (Å²) < 4.78 is 5.26. The van der Waals surface area contributed by atoms with E-state index in [9.17, 15) is 0 Å². The van der Waals surface area contributed by atoms with Crippen molar-refractivity contribution in [2.45, 2.75) is 12.3 Å². The van der Waals surface area contributed by atoms with E-state index in [1.165, 1.54) is 11.1 Å². The molecule has 0 aliphatic heterocycles. The van der Waals surface area contributed by atoms with Gasteiger partial charge >= 0.3 is 0 Å². The Kier molecular flexibility index (Phi) is 4.37. The Morgan fingerprint density at radius 2 is 1.83 bits per heavy atom. The highest BCUT2D eigenvalue weighted by Gasteiger charge is 2.11. The molecule has 0 aromatic heterocycles. The summed E-state index contributed by atoms with van der Waals surface area (Å²) >= 11 is 0. The second-order valence-electron chi connectivity index (χ2n) is 4.40. The van der Waals surface area contributed by atoms with Gasteiger partial charge in [0.2, 0.25) is 0 Å². The molecule has 1 atom stereocenters. The van der Waals surface area contributed by atoms with Gasteiger partial charge in [-0.2, -0.15) is 0 Å². The van der Waals surface area contributed by atoms with Crippen molar-refractivity contribution in [2.75, 3.05) is 13.7 Å². The monoisotopic (exact) mass is 241 g/mol. The first-order chi connectivity index (χ1) is 8.83. The van der Waals surface area contributed by atoms with Crippen LogP contribution in [0.15, 0.2) is 54.6 Å². The molecule has 2 aromatic carbocycles. The molecule has 18 heavy (non-hydrogen) atoms. The van der Waals surface area contributed by atoms with Gasteiger partial charge in [-0.3, -0.25) is 0 Å². The van der Waals surface area contributed by atoms with Gasteiger partial charge in [0.05, 0.1) is 7.11 Å². The van der Waals surface area contributed by atoms with Crippen LogP contribution in [0.3, 0.4) is 0 Å². The van der Waals surface area contributed by atoms with Crippen LogP contribution in [-0.2, 0) is 6.42 Å². The third kappa shape index (κ3) is 3.11. The van der Waals surface area contributed by atoms with Gasteiger partial charge in [-0.15, -0.1) is 0 Å². The molecule has 2 nitrogen and oxygen atoms in total. The minimum Gasteiger partial charge on any atom is -0.497 e. The Balaban J connectivity index is 2.17. The number of hydrogen-bond acceptors (Lipinski definition) is 2. The molecule has 0 spiro atoms. The summed E-state index contributed by atoms with van der Waals surface area (Å²) in [6.07, 6.45) is 0.963. The third-order valence-electron chi connectivity index (χ3n) is 3.17. The van der Waals surface area contributed by atoms with Crippen LogP contribution in [0.2, 0.25) is 0 Å². The van der Waals surface area contributed by atoms with E-state index in [1.807, 2.05) is 18.2 Å².